The quantitative estimate of drug-likeness (QED) is 0.344. The number of ether oxygens (including phenoxy) is 3. The van der Waals surface area contributed by atoms with Gasteiger partial charge >= 0.3 is 5.97 Å². The Morgan fingerprint density at radius 3 is 2.57 bits per heavy atom. The minimum absolute atomic E-state index is 0.0652. The lowest BCUT2D eigenvalue weighted by atomic mass is 10.1. The van der Waals surface area contributed by atoms with Crippen LogP contribution < -0.4 is 20.5 Å². The summed E-state index contributed by atoms with van der Waals surface area (Å²) >= 11 is 0. The van der Waals surface area contributed by atoms with Gasteiger partial charge in [0.25, 0.3) is 11.6 Å². The molecule has 2 aromatic carbocycles. The van der Waals surface area contributed by atoms with Gasteiger partial charge in [0, 0.05) is 23.9 Å². The van der Waals surface area contributed by atoms with Gasteiger partial charge in [-0.15, -0.1) is 0 Å². The number of non-ortho nitro benzene ring substituents is 1. The molecule has 28 heavy (non-hydrogen) atoms. The van der Waals surface area contributed by atoms with Gasteiger partial charge in [-0.05, 0) is 25.1 Å². The van der Waals surface area contributed by atoms with Crippen LogP contribution in [0.25, 0.3) is 0 Å². The fraction of sp³-hybridized carbons (Fsp3) is 0.222. The lowest BCUT2D eigenvalue weighted by Crippen LogP contribution is -2.30. The minimum Gasteiger partial charge on any atom is -0.486 e. The first-order valence-electron chi connectivity index (χ1n) is 8.30. The number of nitro groups is 1. The predicted octanol–water partition coefficient (Wildman–Crippen LogP) is 2.13. The molecule has 10 heteroatoms. The third kappa shape index (κ3) is 4.11. The maximum absolute atomic E-state index is 12.3. The molecule has 1 amide bonds. The number of hydrogen-bond acceptors (Lipinski definition) is 8. The van der Waals surface area contributed by atoms with Crippen LogP contribution in [0.1, 0.15) is 17.3 Å². The molecule has 10 nitrogen and oxygen atoms in total. The Hall–Kier alpha value is -3.82. The molecule has 0 saturated heterocycles. The number of carbonyl (C=O) groups excluding carboxylic acids is 2. The van der Waals surface area contributed by atoms with E-state index in [2.05, 4.69) is 5.32 Å². The number of esters is 1. The molecule has 1 atom stereocenters. The molecule has 0 aromatic heterocycles. The lowest BCUT2D eigenvalue weighted by Gasteiger charge is -2.19. The molecule has 1 aliphatic heterocycles. The van der Waals surface area contributed by atoms with Crippen LogP contribution in [0.5, 0.6) is 11.5 Å². The minimum atomic E-state index is -1.13. The van der Waals surface area contributed by atoms with Crippen LogP contribution in [0, 0.1) is 10.1 Å². The summed E-state index contributed by atoms with van der Waals surface area (Å²) < 4.78 is 16.0. The molecule has 1 heterocycles. The zero-order valence-corrected chi connectivity index (χ0v) is 14.8. The van der Waals surface area contributed by atoms with Gasteiger partial charge in [-0.1, -0.05) is 0 Å². The van der Waals surface area contributed by atoms with E-state index in [4.69, 9.17) is 19.9 Å². The number of nitrogens with one attached hydrogen (secondary N) is 1. The van der Waals surface area contributed by atoms with Gasteiger partial charge in [-0.25, -0.2) is 4.79 Å². The second-order valence-electron chi connectivity index (χ2n) is 5.92. The summed E-state index contributed by atoms with van der Waals surface area (Å²) in [5.41, 5.74) is 5.69. The monoisotopic (exact) mass is 387 g/mol. The Balaban J connectivity index is 1.64. The Morgan fingerprint density at radius 1 is 1.18 bits per heavy atom. The van der Waals surface area contributed by atoms with Crippen LogP contribution in [0.4, 0.5) is 17.1 Å². The van der Waals surface area contributed by atoms with Gasteiger partial charge in [0.15, 0.2) is 17.6 Å². The van der Waals surface area contributed by atoms with Gasteiger partial charge in [-0.2, -0.15) is 0 Å². The van der Waals surface area contributed by atoms with Gasteiger partial charge < -0.3 is 25.3 Å². The zero-order valence-electron chi connectivity index (χ0n) is 14.8. The standard InChI is InChI=1S/C18H17N3O7/c1-10(28-18(23)13-4-3-12(21(24)25)9-14(13)19)17(22)20-11-2-5-15-16(8-11)27-7-6-26-15/h2-5,8-10H,6-7,19H2,1H3,(H,20,22)/t10-/m1/s1. The number of carbonyl (C=O) groups is 2. The summed E-state index contributed by atoms with van der Waals surface area (Å²) in [4.78, 5) is 34.6. The number of anilines is 2. The molecule has 0 radical (unpaired) electrons. The maximum atomic E-state index is 12.3. The van der Waals surface area contributed by atoms with E-state index in [9.17, 15) is 19.7 Å². The van der Waals surface area contributed by atoms with Gasteiger partial charge in [0.2, 0.25) is 0 Å². The molecule has 0 bridgehead atoms. The Morgan fingerprint density at radius 2 is 1.89 bits per heavy atom. The summed E-state index contributed by atoms with van der Waals surface area (Å²) in [6.45, 7) is 2.26. The topological polar surface area (TPSA) is 143 Å². The smallest absolute Gasteiger partial charge is 0.341 e. The summed E-state index contributed by atoms with van der Waals surface area (Å²) in [6, 6.07) is 8.27. The van der Waals surface area contributed by atoms with E-state index >= 15 is 0 Å². The summed E-state index contributed by atoms with van der Waals surface area (Å²) in [7, 11) is 0. The third-order valence-corrected chi connectivity index (χ3v) is 3.93. The molecule has 0 fully saturated rings. The predicted molar refractivity (Wildman–Crippen MR) is 98.4 cm³/mol. The van der Waals surface area contributed by atoms with E-state index in [1.165, 1.54) is 13.0 Å². The van der Waals surface area contributed by atoms with Crippen LogP contribution in [-0.2, 0) is 9.53 Å². The molecular weight excluding hydrogens is 370 g/mol. The van der Waals surface area contributed by atoms with E-state index < -0.39 is 22.9 Å². The number of rotatable bonds is 5. The first kappa shape index (κ1) is 19.0. The molecule has 146 valence electrons. The average molecular weight is 387 g/mol. The number of nitro benzene ring substituents is 1. The van der Waals surface area contributed by atoms with Crippen molar-refractivity contribution < 1.29 is 28.7 Å². The van der Waals surface area contributed by atoms with Crippen molar-refractivity contribution in [1.29, 1.82) is 0 Å². The molecule has 0 spiro atoms. The number of nitrogens with two attached hydrogens (primary N) is 1. The maximum Gasteiger partial charge on any atom is 0.341 e. The van der Waals surface area contributed by atoms with Crippen molar-refractivity contribution in [2.45, 2.75) is 13.0 Å². The van der Waals surface area contributed by atoms with Crippen molar-refractivity contribution >= 4 is 28.9 Å². The highest BCUT2D eigenvalue weighted by Crippen LogP contribution is 2.32. The Labute approximate surface area is 159 Å². The molecule has 3 rings (SSSR count). The van der Waals surface area contributed by atoms with Crippen molar-refractivity contribution in [3.05, 3.63) is 52.1 Å². The molecular formula is C18H17N3O7. The van der Waals surface area contributed by atoms with E-state index in [0.717, 1.165) is 12.1 Å². The molecule has 1 aliphatic rings. The van der Waals surface area contributed by atoms with Crippen molar-refractivity contribution in [3.63, 3.8) is 0 Å². The summed E-state index contributed by atoms with van der Waals surface area (Å²) in [5, 5.41) is 13.3. The number of fused-ring (bicyclic) bond motifs is 1. The van der Waals surface area contributed by atoms with E-state index in [-0.39, 0.29) is 16.9 Å². The Kier molecular flexibility index (Phi) is 5.30. The van der Waals surface area contributed by atoms with Crippen molar-refractivity contribution in [1.82, 2.24) is 0 Å². The highest BCUT2D eigenvalue weighted by Gasteiger charge is 2.22. The number of amides is 1. The third-order valence-electron chi connectivity index (χ3n) is 3.93. The highest BCUT2D eigenvalue weighted by atomic mass is 16.6. The van der Waals surface area contributed by atoms with Crippen molar-refractivity contribution in [2.75, 3.05) is 24.3 Å². The summed E-state index contributed by atoms with van der Waals surface area (Å²) in [5.74, 6) is -0.340. The van der Waals surface area contributed by atoms with Crippen LogP contribution >= 0.6 is 0 Å². The molecule has 2 aromatic rings. The van der Waals surface area contributed by atoms with Crippen LogP contribution in [0.15, 0.2) is 36.4 Å². The SMILES string of the molecule is C[C@@H](OC(=O)c1ccc([N+](=O)[O-])cc1N)C(=O)Nc1ccc2c(c1)OCCO2. The second-order valence-corrected chi connectivity index (χ2v) is 5.92. The first-order valence-corrected chi connectivity index (χ1v) is 8.30. The number of benzene rings is 2. The molecule has 0 unspecified atom stereocenters. The average Bonchev–Trinajstić information content (AvgIpc) is 2.67. The van der Waals surface area contributed by atoms with Crippen LogP contribution in [-0.4, -0.2) is 36.1 Å². The van der Waals surface area contributed by atoms with E-state index in [0.29, 0.717) is 30.4 Å². The van der Waals surface area contributed by atoms with E-state index in [1.807, 2.05) is 0 Å². The van der Waals surface area contributed by atoms with E-state index in [1.54, 1.807) is 18.2 Å². The fourth-order valence-corrected chi connectivity index (χ4v) is 2.49. The highest BCUT2D eigenvalue weighted by molar-refractivity contribution is 5.99. The van der Waals surface area contributed by atoms with Crippen molar-refractivity contribution in [2.24, 2.45) is 0 Å². The molecule has 3 N–H and O–H groups in total. The van der Waals surface area contributed by atoms with Crippen LogP contribution in [0.3, 0.4) is 0 Å². The van der Waals surface area contributed by atoms with Crippen LogP contribution in [0.2, 0.25) is 0 Å². The lowest BCUT2D eigenvalue weighted by molar-refractivity contribution is -0.384. The van der Waals surface area contributed by atoms with Gasteiger partial charge in [0.05, 0.1) is 16.2 Å². The Bertz CT molecular complexity index is 945. The van der Waals surface area contributed by atoms with Crippen molar-refractivity contribution in [3.8, 4) is 11.5 Å². The summed E-state index contributed by atoms with van der Waals surface area (Å²) in [6.07, 6.45) is -1.13. The normalized spacial score (nSPS) is 13.3. The fourth-order valence-electron chi connectivity index (χ4n) is 2.49. The first-order chi connectivity index (χ1) is 13.3. The molecule has 0 saturated carbocycles. The van der Waals surface area contributed by atoms with Gasteiger partial charge in [0.1, 0.15) is 13.2 Å². The van der Waals surface area contributed by atoms with Gasteiger partial charge in [-0.3, -0.25) is 14.9 Å². The molecule has 0 aliphatic carbocycles. The largest absolute Gasteiger partial charge is 0.486 e. The zero-order chi connectivity index (χ0) is 20.3. The number of nitrogen functional groups attached to an aromatic ring is 1. The number of nitrogens with zero attached hydrogens (tertiary/aromatic N) is 1. The number of hydrogen-bond donors (Lipinski definition) is 2. The second kappa shape index (κ2) is 7.82.